The summed E-state index contributed by atoms with van der Waals surface area (Å²) in [5.41, 5.74) is -0.970. The topological polar surface area (TPSA) is 58.6 Å². The van der Waals surface area contributed by atoms with Crippen molar-refractivity contribution in [2.75, 3.05) is 7.11 Å². The second kappa shape index (κ2) is 4.97. The van der Waals surface area contributed by atoms with Gasteiger partial charge in [-0.3, -0.25) is 9.59 Å². The maximum absolute atomic E-state index is 12.9. The molecule has 3 unspecified atom stereocenters. The Hall–Kier alpha value is -1.10. The van der Waals surface area contributed by atoms with Crippen molar-refractivity contribution in [1.29, 1.82) is 0 Å². The number of carbonyl (C=O) groups excluding carboxylic acids is 2. The van der Waals surface area contributed by atoms with Crippen LogP contribution in [0.25, 0.3) is 0 Å². The number of nitrogens with one attached hydrogen (secondary N) is 1. The lowest BCUT2D eigenvalue weighted by atomic mass is 9.62. The molecule has 1 heterocycles. The van der Waals surface area contributed by atoms with E-state index in [1.165, 1.54) is 0 Å². The first kappa shape index (κ1) is 16.3. The van der Waals surface area contributed by atoms with Crippen LogP contribution in [0, 0.1) is 11.3 Å². The summed E-state index contributed by atoms with van der Waals surface area (Å²) in [6.07, 6.45) is 0.929. The summed E-state index contributed by atoms with van der Waals surface area (Å²) in [7, 11) is 1.71. The lowest BCUT2D eigenvalue weighted by Crippen LogP contribution is -2.76. The summed E-state index contributed by atoms with van der Waals surface area (Å²) in [6.45, 7) is 11.7. The molecule has 1 aliphatic heterocycles. The molecule has 2 fully saturated rings. The predicted molar refractivity (Wildman–Crippen MR) is 80.7 cm³/mol. The Morgan fingerprint density at radius 1 is 1.24 bits per heavy atom. The first-order valence-corrected chi connectivity index (χ1v) is 7.71. The van der Waals surface area contributed by atoms with Gasteiger partial charge in [0.25, 0.3) is 0 Å². The Morgan fingerprint density at radius 2 is 1.81 bits per heavy atom. The van der Waals surface area contributed by atoms with Gasteiger partial charge in [-0.05, 0) is 26.2 Å². The summed E-state index contributed by atoms with van der Waals surface area (Å²) in [5.74, 6) is 0.0436. The number of nitrogens with zero attached hydrogens (tertiary/aromatic N) is 1. The van der Waals surface area contributed by atoms with Gasteiger partial charge in [0.15, 0.2) is 0 Å². The fraction of sp³-hybridized carbons (Fsp3) is 0.875. The highest BCUT2D eigenvalue weighted by Crippen LogP contribution is 2.47. The van der Waals surface area contributed by atoms with Crippen LogP contribution in [-0.4, -0.2) is 47.6 Å². The van der Waals surface area contributed by atoms with Crippen molar-refractivity contribution in [2.45, 2.75) is 71.7 Å². The molecule has 0 radical (unpaired) electrons. The van der Waals surface area contributed by atoms with Gasteiger partial charge in [0.05, 0.1) is 6.10 Å². The molecule has 5 heteroatoms. The smallest absolute Gasteiger partial charge is 0.248 e. The SMILES string of the molecule is COC1CC(N2C(=O)C(C)(C)NC(=O)C2C(C)C)C1(C)C. The predicted octanol–water partition coefficient (Wildman–Crippen LogP) is 1.56. The maximum Gasteiger partial charge on any atom is 0.248 e. The first-order valence-electron chi connectivity index (χ1n) is 7.71. The lowest BCUT2D eigenvalue weighted by molar-refractivity contribution is -0.184. The highest BCUT2D eigenvalue weighted by atomic mass is 16.5. The molecule has 2 amide bonds. The van der Waals surface area contributed by atoms with Gasteiger partial charge in [-0.25, -0.2) is 0 Å². The van der Waals surface area contributed by atoms with Gasteiger partial charge in [0.1, 0.15) is 11.6 Å². The van der Waals surface area contributed by atoms with E-state index in [4.69, 9.17) is 4.74 Å². The van der Waals surface area contributed by atoms with E-state index >= 15 is 0 Å². The van der Waals surface area contributed by atoms with E-state index in [0.717, 1.165) is 6.42 Å². The Morgan fingerprint density at radius 3 is 2.24 bits per heavy atom. The molecule has 0 aromatic carbocycles. The largest absolute Gasteiger partial charge is 0.381 e. The first-order chi connectivity index (χ1) is 9.54. The zero-order chi connectivity index (χ0) is 16.2. The van der Waals surface area contributed by atoms with Crippen LogP contribution >= 0.6 is 0 Å². The Bertz CT molecular complexity index is 456. The van der Waals surface area contributed by atoms with Crippen LogP contribution in [0.1, 0.15) is 48.0 Å². The monoisotopic (exact) mass is 296 g/mol. The van der Waals surface area contributed by atoms with Gasteiger partial charge in [-0.15, -0.1) is 0 Å². The number of amides is 2. The third-order valence-electron chi connectivity index (χ3n) is 5.15. The molecule has 0 bridgehead atoms. The van der Waals surface area contributed by atoms with Crippen LogP contribution in [0.5, 0.6) is 0 Å². The second-order valence-electron chi connectivity index (χ2n) is 7.81. The number of hydrogen-bond acceptors (Lipinski definition) is 3. The third-order valence-corrected chi connectivity index (χ3v) is 5.15. The summed E-state index contributed by atoms with van der Waals surface area (Å²) in [5, 5.41) is 2.86. The number of piperazine rings is 1. The second-order valence-corrected chi connectivity index (χ2v) is 7.81. The van der Waals surface area contributed by atoms with Gasteiger partial charge in [-0.2, -0.15) is 0 Å². The number of carbonyl (C=O) groups is 2. The number of ether oxygens (including phenoxy) is 1. The van der Waals surface area contributed by atoms with Crippen LogP contribution < -0.4 is 5.32 Å². The van der Waals surface area contributed by atoms with E-state index in [9.17, 15) is 9.59 Å². The van der Waals surface area contributed by atoms with Gasteiger partial charge in [-0.1, -0.05) is 27.7 Å². The Balaban J connectivity index is 2.37. The molecule has 2 aliphatic rings. The molecule has 3 atom stereocenters. The quantitative estimate of drug-likeness (QED) is 0.860. The van der Waals surface area contributed by atoms with Crippen LogP contribution in [-0.2, 0) is 14.3 Å². The lowest BCUT2D eigenvalue weighted by Gasteiger charge is -2.59. The van der Waals surface area contributed by atoms with Gasteiger partial charge in [0.2, 0.25) is 11.8 Å². The minimum atomic E-state index is -0.837. The summed E-state index contributed by atoms with van der Waals surface area (Å²) >= 11 is 0. The molecule has 0 spiro atoms. The van der Waals surface area contributed by atoms with E-state index < -0.39 is 11.6 Å². The highest BCUT2D eigenvalue weighted by Gasteiger charge is 2.58. The maximum atomic E-state index is 12.9. The molecule has 1 saturated heterocycles. The average Bonchev–Trinajstić information content (AvgIpc) is 2.33. The molecule has 1 saturated carbocycles. The van der Waals surface area contributed by atoms with Gasteiger partial charge < -0.3 is 15.0 Å². The summed E-state index contributed by atoms with van der Waals surface area (Å²) in [4.78, 5) is 27.2. The Kier molecular flexibility index (Phi) is 3.85. The van der Waals surface area contributed by atoms with E-state index in [1.54, 1.807) is 21.0 Å². The van der Waals surface area contributed by atoms with Crippen LogP contribution in [0.3, 0.4) is 0 Å². The summed E-state index contributed by atoms with van der Waals surface area (Å²) in [6, 6.07) is -0.347. The summed E-state index contributed by atoms with van der Waals surface area (Å²) < 4.78 is 5.49. The van der Waals surface area contributed by atoms with E-state index in [0.29, 0.717) is 0 Å². The molecule has 0 aromatic heterocycles. The minimum Gasteiger partial charge on any atom is -0.381 e. The zero-order valence-electron chi connectivity index (χ0n) is 14.2. The van der Waals surface area contributed by atoms with Crippen LogP contribution in [0.2, 0.25) is 0 Å². The molecule has 5 nitrogen and oxygen atoms in total. The fourth-order valence-electron chi connectivity index (χ4n) is 3.71. The molecular weight excluding hydrogens is 268 g/mol. The minimum absolute atomic E-state index is 0.00780. The molecule has 0 aromatic rings. The standard InChI is InChI=1S/C16H28N2O3/c1-9(2)12-13(19)17-16(5,6)14(20)18(12)10-8-11(21-7)15(10,3)4/h9-12H,8H2,1-7H3,(H,17,19). The van der Waals surface area contributed by atoms with E-state index in [1.807, 2.05) is 18.7 Å². The molecule has 1 aliphatic carbocycles. The van der Waals surface area contributed by atoms with Crippen molar-refractivity contribution in [3.05, 3.63) is 0 Å². The van der Waals surface area contributed by atoms with Crippen LogP contribution in [0.4, 0.5) is 0 Å². The Labute approximate surface area is 127 Å². The van der Waals surface area contributed by atoms with Gasteiger partial charge in [0, 0.05) is 18.6 Å². The zero-order valence-corrected chi connectivity index (χ0v) is 14.2. The number of hydrogen-bond donors (Lipinski definition) is 1. The number of rotatable bonds is 3. The van der Waals surface area contributed by atoms with Crippen molar-refractivity contribution < 1.29 is 14.3 Å². The molecule has 120 valence electrons. The highest BCUT2D eigenvalue weighted by molar-refractivity contribution is 5.99. The molecular formula is C16H28N2O3. The van der Waals surface area contributed by atoms with Crippen molar-refractivity contribution >= 4 is 11.8 Å². The van der Waals surface area contributed by atoms with E-state index in [-0.39, 0.29) is 35.3 Å². The molecule has 21 heavy (non-hydrogen) atoms. The van der Waals surface area contributed by atoms with Crippen LogP contribution in [0.15, 0.2) is 0 Å². The molecule has 1 N–H and O–H groups in total. The third kappa shape index (κ3) is 2.35. The van der Waals surface area contributed by atoms with Crippen molar-refractivity contribution in [3.63, 3.8) is 0 Å². The van der Waals surface area contributed by atoms with Crippen molar-refractivity contribution in [3.8, 4) is 0 Å². The average molecular weight is 296 g/mol. The van der Waals surface area contributed by atoms with Crippen molar-refractivity contribution in [2.24, 2.45) is 11.3 Å². The fourth-order valence-corrected chi connectivity index (χ4v) is 3.71. The van der Waals surface area contributed by atoms with Crippen molar-refractivity contribution in [1.82, 2.24) is 10.2 Å². The van der Waals surface area contributed by atoms with Gasteiger partial charge >= 0.3 is 0 Å². The number of methoxy groups -OCH3 is 1. The van der Waals surface area contributed by atoms with E-state index in [2.05, 4.69) is 19.2 Å². The molecule has 2 rings (SSSR count). The normalized spacial score (nSPS) is 34.7.